The van der Waals surface area contributed by atoms with Crippen LogP contribution < -0.4 is 10.1 Å². The van der Waals surface area contributed by atoms with Crippen molar-refractivity contribution in [3.05, 3.63) is 24.3 Å². The van der Waals surface area contributed by atoms with Crippen molar-refractivity contribution in [2.24, 2.45) is 0 Å². The number of hydrogen-bond donors (Lipinski definition) is 1. The summed E-state index contributed by atoms with van der Waals surface area (Å²) in [6.45, 7) is 4.36. The number of halogens is 1. The Morgan fingerprint density at radius 2 is 2.05 bits per heavy atom. The number of amides is 1. The molecule has 0 aliphatic heterocycles. The molecule has 1 unspecified atom stereocenters. The predicted molar refractivity (Wildman–Crippen MR) is 77.4 cm³/mol. The first-order valence-electron chi connectivity index (χ1n) is 6.36. The van der Waals surface area contributed by atoms with Crippen LogP contribution in [0.1, 0.15) is 13.8 Å². The number of ether oxygens (including phenoxy) is 2. The van der Waals surface area contributed by atoms with Crippen molar-refractivity contribution in [2.75, 3.05) is 24.4 Å². The molecule has 0 bridgehead atoms. The maximum Gasteiger partial charge on any atom is 0.261 e. The summed E-state index contributed by atoms with van der Waals surface area (Å²) in [4.78, 5) is 23.6. The van der Waals surface area contributed by atoms with Gasteiger partial charge in [-0.2, -0.15) is 0 Å². The summed E-state index contributed by atoms with van der Waals surface area (Å²) < 4.78 is 10.5. The molecule has 0 heterocycles. The van der Waals surface area contributed by atoms with E-state index in [0.717, 1.165) is 0 Å². The number of rotatable bonds is 8. The van der Waals surface area contributed by atoms with E-state index in [-0.39, 0.29) is 12.5 Å². The molecular formula is C14H18ClNO4. The molecule has 0 aliphatic carbocycles. The van der Waals surface area contributed by atoms with Crippen LogP contribution in [0.25, 0.3) is 0 Å². The Labute approximate surface area is 123 Å². The van der Waals surface area contributed by atoms with Crippen molar-refractivity contribution >= 4 is 29.0 Å². The third-order valence-corrected chi connectivity index (χ3v) is 2.67. The molecule has 0 fully saturated rings. The first kappa shape index (κ1) is 16.5. The van der Waals surface area contributed by atoms with Crippen molar-refractivity contribution in [1.82, 2.24) is 0 Å². The summed E-state index contributed by atoms with van der Waals surface area (Å²) in [5.41, 5.74) is 0.535. The van der Waals surface area contributed by atoms with Gasteiger partial charge in [0.1, 0.15) is 5.75 Å². The van der Waals surface area contributed by atoms with Gasteiger partial charge >= 0.3 is 0 Å². The number of ketones is 1. The molecule has 110 valence electrons. The van der Waals surface area contributed by atoms with Gasteiger partial charge in [0.05, 0.1) is 12.5 Å². The highest BCUT2D eigenvalue weighted by Gasteiger charge is 2.26. The highest BCUT2D eigenvalue weighted by Crippen LogP contribution is 2.17. The molecule has 6 heteroatoms. The lowest BCUT2D eigenvalue weighted by Gasteiger charge is -2.15. The first-order chi connectivity index (χ1) is 9.62. The Morgan fingerprint density at radius 3 is 2.65 bits per heavy atom. The minimum atomic E-state index is -1.19. The van der Waals surface area contributed by atoms with Crippen LogP contribution >= 0.6 is 11.6 Å². The zero-order valence-corrected chi connectivity index (χ0v) is 12.3. The van der Waals surface area contributed by atoms with Gasteiger partial charge in [-0.15, -0.1) is 11.6 Å². The van der Waals surface area contributed by atoms with Crippen LogP contribution in [0.3, 0.4) is 0 Å². The molecule has 1 N–H and O–H groups in total. The lowest BCUT2D eigenvalue weighted by atomic mass is 10.2. The molecule has 1 aromatic rings. The van der Waals surface area contributed by atoms with Gasteiger partial charge in [0.2, 0.25) is 0 Å². The van der Waals surface area contributed by atoms with Crippen LogP contribution in [0.2, 0.25) is 0 Å². The average Bonchev–Trinajstić information content (AvgIpc) is 2.44. The molecule has 1 aromatic carbocycles. The number of anilines is 1. The minimum absolute atomic E-state index is 0.250. The van der Waals surface area contributed by atoms with Crippen molar-refractivity contribution in [3.63, 3.8) is 0 Å². The van der Waals surface area contributed by atoms with Gasteiger partial charge in [-0.1, -0.05) is 6.07 Å². The first-order valence-corrected chi connectivity index (χ1v) is 6.89. The summed E-state index contributed by atoms with van der Waals surface area (Å²) in [6.07, 6.45) is -1.19. The molecule has 0 aliphatic rings. The number of alkyl halides is 1. The van der Waals surface area contributed by atoms with Gasteiger partial charge in [-0.25, -0.2) is 0 Å². The third kappa shape index (κ3) is 4.83. The van der Waals surface area contributed by atoms with Crippen molar-refractivity contribution < 1.29 is 19.1 Å². The highest BCUT2D eigenvalue weighted by atomic mass is 35.5. The summed E-state index contributed by atoms with van der Waals surface area (Å²) in [5, 5.41) is 2.62. The Morgan fingerprint density at radius 1 is 1.30 bits per heavy atom. The smallest absolute Gasteiger partial charge is 0.261 e. The fraction of sp³-hybridized carbons (Fsp3) is 0.429. The van der Waals surface area contributed by atoms with Gasteiger partial charge in [0.25, 0.3) is 5.91 Å². The molecule has 0 saturated heterocycles. The van der Waals surface area contributed by atoms with E-state index in [4.69, 9.17) is 21.1 Å². The lowest BCUT2D eigenvalue weighted by Crippen LogP contribution is -2.38. The maximum absolute atomic E-state index is 12.0. The van der Waals surface area contributed by atoms with Crippen molar-refractivity contribution in [2.45, 2.75) is 20.0 Å². The van der Waals surface area contributed by atoms with Crippen LogP contribution in [0.4, 0.5) is 5.69 Å². The Balaban J connectivity index is 2.76. The number of carbonyl (C=O) groups excluding carboxylic acids is 2. The molecular weight excluding hydrogens is 282 g/mol. The second-order valence-corrected chi connectivity index (χ2v) is 4.15. The van der Waals surface area contributed by atoms with E-state index in [9.17, 15) is 9.59 Å². The number of nitrogens with one attached hydrogen (secondary N) is 1. The summed E-state index contributed by atoms with van der Waals surface area (Å²) >= 11 is 5.47. The third-order valence-electron chi connectivity index (χ3n) is 2.41. The second kappa shape index (κ2) is 8.55. The Bertz CT molecular complexity index is 464. The van der Waals surface area contributed by atoms with E-state index in [0.29, 0.717) is 18.0 Å². The predicted octanol–water partition coefficient (Wildman–Crippen LogP) is 2.24. The molecule has 0 saturated carbocycles. The minimum Gasteiger partial charge on any atom is -0.494 e. The van der Waals surface area contributed by atoms with Crippen LogP contribution in [0.5, 0.6) is 5.75 Å². The monoisotopic (exact) mass is 299 g/mol. The summed E-state index contributed by atoms with van der Waals surface area (Å²) in [5.74, 6) is -0.628. The number of benzene rings is 1. The topological polar surface area (TPSA) is 64.6 Å². The van der Waals surface area contributed by atoms with E-state index in [2.05, 4.69) is 5.32 Å². The van der Waals surface area contributed by atoms with Crippen LogP contribution in [-0.2, 0) is 14.3 Å². The summed E-state index contributed by atoms with van der Waals surface area (Å²) in [6, 6.07) is 6.91. The van der Waals surface area contributed by atoms with Gasteiger partial charge in [0, 0.05) is 18.4 Å². The Kier molecular flexibility index (Phi) is 7.04. The maximum atomic E-state index is 12.0. The van der Waals surface area contributed by atoms with Crippen LogP contribution in [0, 0.1) is 0 Å². The molecule has 1 amide bonds. The molecule has 0 aromatic heterocycles. The number of hydrogen-bond acceptors (Lipinski definition) is 4. The zero-order chi connectivity index (χ0) is 15.0. The fourth-order valence-electron chi connectivity index (χ4n) is 1.59. The fourth-order valence-corrected chi connectivity index (χ4v) is 1.73. The van der Waals surface area contributed by atoms with E-state index in [1.165, 1.54) is 0 Å². The summed E-state index contributed by atoms with van der Waals surface area (Å²) in [7, 11) is 0. The largest absolute Gasteiger partial charge is 0.494 e. The van der Waals surface area contributed by atoms with E-state index in [1.807, 2.05) is 6.92 Å². The second-order valence-electron chi connectivity index (χ2n) is 3.89. The SMILES string of the molecule is CCOc1cccc(NC(=O)C(OCC)C(=O)CCl)c1. The molecule has 20 heavy (non-hydrogen) atoms. The van der Waals surface area contributed by atoms with Gasteiger partial charge in [-0.3, -0.25) is 9.59 Å². The van der Waals surface area contributed by atoms with Gasteiger partial charge < -0.3 is 14.8 Å². The quantitative estimate of drug-likeness (QED) is 0.590. The molecule has 0 radical (unpaired) electrons. The normalized spacial score (nSPS) is 11.8. The van der Waals surface area contributed by atoms with Crippen LogP contribution in [0.15, 0.2) is 24.3 Å². The van der Waals surface area contributed by atoms with Gasteiger partial charge in [-0.05, 0) is 26.0 Å². The standard InChI is InChI=1S/C14H18ClNO4/c1-3-19-11-7-5-6-10(8-11)16-14(18)13(20-4-2)12(17)9-15/h5-8,13H,3-4,9H2,1-2H3,(H,16,18). The zero-order valence-electron chi connectivity index (χ0n) is 11.5. The van der Waals surface area contributed by atoms with Crippen molar-refractivity contribution in [1.29, 1.82) is 0 Å². The lowest BCUT2D eigenvalue weighted by molar-refractivity contribution is -0.139. The molecule has 0 spiro atoms. The average molecular weight is 300 g/mol. The van der Waals surface area contributed by atoms with Crippen molar-refractivity contribution in [3.8, 4) is 5.75 Å². The molecule has 1 atom stereocenters. The van der Waals surface area contributed by atoms with E-state index in [1.54, 1.807) is 31.2 Å². The van der Waals surface area contributed by atoms with E-state index < -0.39 is 17.8 Å². The van der Waals surface area contributed by atoms with Crippen LogP contribution in [-0.4, -0.2) is 36.9 Å². The van der Waals surface area contributed by atoms with E-state index >= 15 is 0 Å². The Hall–Kier alpha value is -1.59. The number of Topliss-reactive ketones (excluding diaryl/α,β-unsaturated/α-hetero) is 1. The number of carbonyl (C=O) groups is 2. The highest BCUT2D eigenvalue weighted by molar-refractivity contribution is 6.30. The van der Waals surface area contributed by atoms with Gasteiger partial charge in [0.15, 0.2) is 11.9 Å². The molecule has 1 rings (SSSR count). The molecule has 5 nitrogen and oxygen atoms in total.